The molecule has 18 heavy (non-hydrogen) atoms. The van der Waals surface area contributed by atoms with Crippen molar-refractivity contribution in [3.8, 4) is 0 Å². The van der Waals surface area contributed by atoms with Crippen LogP contribution in [0.1, 0.15) is 58.8 Å². The van der Waals surface area contributed by atoms with Gasteiger partial charge in [-0.3, -0.25) is 0 Å². The van der Waals surface area contributed by atoms with Crippen molar-refractivity contribution in [2.75, 3.05) is 7.05 Å². The molecule has 1 nitrogen and oxygen atoms in total. The van der Waals surface area contributed by atoms with Crippen LogP contribution in [0.5, 0.6) is 0 Å². The van der Waals surface area contributed by atoms with Crippen LogP contribution < -0.4 is 5.32 Å². The quantitative estimate of drug-likeness (QED) is 0.736. The monoisotopic (exact) mass is 247 g/mol. The smallest absolute Gasteiger partial charge is 0.0249 e. The summed E-state index contributed by atoms with van der Waals surface area (Å²) < 4.78 is 0. The van der Waals surface area contributed by atoms with Crippen LogP contribution in [0.15, 0.2) is 12.7 Å². The lowest BCUT2D eigenvalue weighted by Crippen LogP contribution is -2.56. The molecule has 3 atom stereocenters. The van der Waals surface area contributed by atoms with Crippen LogP contribution >= 0.6 is 0 Å². The highest BCUT2D eigenvalue weighted by Crippen LogP contribution is 2.70. The summed E-state index contributed by atoms with van der Waals surface area (Å²) in [5, 5.41) is 3.43. The van der Waals surface area contributed by atoms with Gasteiger partial charge in [0.25, 0.3) is 0 Å². The fourth-order valence-corrected chi connectivity index (χ4v) is 6.68. The minimum absolute atomic E-state index is 0.508. The Kier molecular flexibility index (Phi) is 2.72. The fourth-order valence-electron chi connectivity index (χ4n) is 6.68. The summed E-state index contributed by atoms with van der Waals surface area (Å²) >= 11 is 0. The molecular formula is C17H29N. The second-order valence-corrected chi connectivity index (χ2v) is 8.47. The van der Waals surface area contributed by atoms with Crippen LogP contribution in [-0.4, -0.2) is 13.1 Å². The SMILES string of the molecule is C=CC(CC12CC3CC(C)(CC(C)(C3)C1)C2)NC. The van der Waals surface area contributed by atoms with Crippen molar-refractivity contribution in [2.45, 2.75) is 64.8 Å². The van der Waals surface area contributed by atoms with Crippen LogP contribution in [0.25, 0.3) is 0 Å². The maximum Gasteiger partial charge on any atom is 0.0249 e. The largest absolute Gasteiger partial charge is 0.314 e. The van der Waals surface area contributed by atoms with Gasteiger partial charge in [0.05, 0.1) is 0 Å². The normalized spacial score (nSPS) is 51.4. The third-order valence-electron chi connectivity index (χ3n) is 6.05. The zero-order chi connectivity index (χ0) is 13.0. The van der Waals surface area contributed by atoms with Crippen molar-refractivity contribution in [3.63, 3.8) is 0 Å². The Labute approximate surface area is 112 Å². The van der Waals surface area contributed by atoms with Crippen LogP contribution in [0, 0.1) is 22.2 Å². The molecule has 4 bridgehead atoms. The molecule has 3 unspecified atom stereocenters. The summed E-state index contributed by atoms with van der Waals surface area (Å²) in [6, 6.07) is 0.508. The van der Waals surface area contributed by atoms with Gasteiger partial charge in [-0.25, -0.2) is 0 Å². The third-order valence-corrected chi connectivity index (χ3v) is 6.05. The summed E-state index contributed by atoms with van der Waals surface area (Å²) in [6.45, 7) is 9.13. The van der Waals surface area contributed by atoms with Gasteiger partial charge in [0.1, 0.15) is 0 Å². The molecule has 0 saturated heterocycles. The van der Waals surface area contributed by atoms with Gasteiger partial charge < -0.3 is 5.32 Å². The van der Waals surface area contributed by atoms with Crippen LogP contribution in [-0.2, 0) is 0 Å². The molecule has 0 radical (unpaired) electrons. The lowest BCUT2D eigenvalue weighted by Gasteiger charge is -2.66. The molecule has 1 N–H and O–H groups in total. The predicted molar refractivity (Wildman–Crippen MR) is 77.5 cm³/mol. The van der Waals surface area contributed by atoms with E-state index in [1.54, 1.807) is 0 Å². The summed E-state index contributed by atoms with van der Waals surface area (Å²) in [5.41, 5.74) is 1.91. The van der Waals surface area contributed by atoms with E-state index in [1.807, 2.05) is 0 Å². The molecule has 4 fully saturated rings. The number of hydrogen-bond donors (Lipinski definition) is 1. The van der Waals surface area contributed by atoms with E-state index in [2.05, 4.69) is 38.9 Å². The predicted octanol–water partition coefficient (Wildman–Crippen LogP) is 4.15. The lowest BCUT2D eigenvalue weighted by atomic mass is 9.39. The highest BCUT2D eigenvalue weighted by atomic mass is 14.9. The minimum Gasteiger partial charge on any atom is -0.314 e. The first-order chi connectivity index (χ1) is 8.40. The maximum atomic E-state index is 4.00. The zero-order valence-electron chi connectivity index (χ0n) is 12.4. The number of hydrogen-bond acceptors (Lipinski definition) is 1. The van der Waals surface area contributed by atoms with Crippen molar-refractivity contribution < 1.29 is 0 Å². The van der Waals surface area contributed by atoms with Gasteiger partial charge in [-0.15, -0.1) is 6.58 Å². The van der Waals surface area contributed by atoms with Crippen molar-refractivity contribution in [3.05, 3.63) is 12.7 Å². The molecule has 1 heteroatoms. The summed E-state index contributed by atoms with van der Waals surface area (Å²) in [5.74, 6) is 1.01. The summed E-state index contributed by atoms with van der Waals surface area (Å²) in [6.07, 6.45) is 12.3. The van der Waals surface area contributed by atoms with E-state index in [1.165, 1.54) is 44.9 Å². The van der Waals surface area contributed by atoms with E-state index in [4.69, 9.17) is 0 Å². The molecule has 0 aromatic heterocycles. The molecule has 0 amide bonds. The Bertz CT molecular complexity index is 341. The number of nitrogens with one attached hydrogen (secondary N) is 1. The molecule has 4 aliphatic carbocycles. The molecule has 0 aliphatic heterocycles. The van der Waals surface area contributed by atoms with Gasteiger partial charge in [-0.1, -0.05) is 19.9 Å². The molecule has 0 spiro atoms. The van der Waals surface area contributed by atoms with Crippen molar-refractivity contribution in [2.24, 2.45) is 22.2 Å². The fraction of sp³-hybridized carbons (Fsp3) is 0.882. The topological polar surface area (TPSA) is 12.0 Å². The molecule has 4 aliphatic rings. The zero-order valence-corrected chi connectivity index (χ0v) is 12.4. The second kappa shape index (κ2) is 3.85. The van der Waals surface area contributed by atoms with Crippen LogP contribution in [0.3, 0.4) is 0 Å². The first-order valence-electron chi connectivity index (χ1n) is 7.70. The molecule has 4 saturated carbocycles. The van der Waals surface area contributed by atoms with Gasteiger partial charge in [0.15, 0.2) is 0 Å². The van der Waals surface area contributed by atoms with E-state index in [0.29, 0.717) is 22.3 Å². The van der Waals surface area contributed by atoms with Gasteiger partial charge in [-0.2, -0.15) is 0 Å². The standard InChI is InChI=1S/C17H29N/c1-5-14(18-4)9-17-8-13-6-15(2,11-17)10-16(3,7-13)12-17/h5,13-14,18H,1,6-12H2,2-4H3. The molecule has 4 rings (SSSR count). The van der Waals surface area contributed by atoms with Crippen LogP contribution in [0.2, 0.25) is 0 Å². The third kappa shape index (κ3) is 1.95. The van der Waals surface area contributed by atoms with Crippen molar-refractivity contribution in [1.82, 2.24) is 5.32 Å². The Balaban J connectivity index is 1.86. The Morgan fingerprint density at radius 3 is 2.22 bits per heavy atom. The first kappa shape index (κ1) is 12.7. The van der Waals surface area contributed by atoms with Crippen molar-refractivity contribution >= 4 is 0 Å². The highest BCUT2D eigenvalue weighted by Gasteiger charge is 2.59. The molecule has 0 heterocycles. The first-order valence-corrected chi connectivity index (χ1v) is 7.70. The number of rotatable bonds is 4. The average Bonchev–Trinajstić information content (AvgIpc) is 2.20. The minimum atomic E-state index is 0.508. The molecule has 0 aromatic rings. The Morgan fingerprint density at radius 2 is 1.78 bits per heavy atom. The van der Waals surface area contributed by atoms with Crippen LogP contribution in [0.4, 0.5) is 0 Å². The van der Waals surface area contributed by atoms with Gasteiger partial charge in [-0.05, 0) is 74.2 Å². The van der Waals surface area contributed by atoms with Gasteiger partial charge in [0, 0.05) is 6.04 Å². The lowest BCUT2D eigenvalue weighted by molar-refractivity contribution is -0.148. The van der Waals surface area contributed by atoms with Crippen molar-refractivity contribution in [1.29, 1.82) is 0 Å². The molecular weight excluding hydrogens is 218 g/mol. The highest BCUT2D eigenvalue weighted by molar-refractivity contribution is 5.11. The molecule has 102 valence electrons. The maximum absolute atomic E-state index is 4.00. The van der Waals surface area contributed by atoms with E-state index >= 15 is 0 Å². The summed E-state index contributed by atoms with van der Waals surface area (Å²) in [4.78, 5) is 0. The van der Waals surface area contributed by atoms with E-state index in [0.717, 1.165) is 5.92 Å². The van der Waals surface area contributed by atoms with E-state index in [9.17, 15) is 0 Å². The van der Waals surface area contributed by atoms with Gasteiger partial charge in [0.2, 0.25) is 0 Å². The van der Waals surface area contributed by atoms with E-state index in [-0.39, 0.29) is 0 Å². The number of likely N-dealkylation sites (N-methyl/N-ethyl adjacent to an activating group) is 1. The van der Waals surface area contributed by atoms with Gasteiger partial charge >= 0.3 is 0 Å². The average molecular weight is 247 g/mol. The Morgan fingerprint density at radius 1 is 1.17 bits per heavy atom. The second-order valence-electron chi connectivity index (χ2n) is 8.47. The summed E-state index contributed by atoms with van der Waals surface area (Å²) in [7, 11) is 2.08. The molecule has 0 aromatic carbocycles. The Hall–Kier alpha value is -0.300. The van der Waals surface area contributed by atoms with E-state index < -0.39 is 0 Å².